The van der Waals surface area contributed by atoms with Crippen molar-refractivity contribution in [3.8, 4) is 0 Å². The normalized spacial score (nSPS) is 10.9. The van der Waals surface area contributed by atoms with Gasteiger partial charge in [-0.1, -0.05) is 6.07 Å². The van der Waals surface area contributed by atoms with E-state index in [1.165, 1.54) is 16.4 Å². The topological polar surface area (TPSA) is 42.1 Å². The highest BCUT2D eigenvalue weighted by Crippen LogP contribution is 2.27. The van der Waals surface area contributed by atoms with E-state index >= 15 is 0 Å². The number of nitrogens with zero attached hydrogens (tertiary/aromatic N) is 2. The largest absolute Gasteiger partial charge is 0.383 e. The highest BCUT2D eigenvalue weighted by atomic mass is 32.1. The first-order chi connectivity index (χ1) is 7.66. The summed E-state index contributed by atoms with van der Waals surface area (Å²) in [5.74, 6) is 0.608. The zero-order valence-electron chi connectivity index (χ0n) is 9.38. The molecule has 2 aromatic heterocycles. The minimum absolute atomic E-state index is 0.446. The monoisotopic (exact) mass is 253 g/mol. The molecule has 0 aromatic carbocycles. The van der Waals surface area contributed by atoms with E-state index in [1.54, 1.807) is 11.3 Å². The van der Waals surface area contributed by atoms with Crippen LogP contribution in [0.1, 0.15) is 18.7 Å². The minimum atomic E-state index is 0.446. The molecule has 0 radical (unpaired) electrons. The van der Waals surface area contributed by atoms with E-state index in [4.69, 9.17) is 5.73 Å². The van der Waals surface area contributed by atoms with Crippen LogP contribution in [0.25, 0.3) is 0 Å². The SMILES string of the molecule is CC(C)N(Cc1cccs1)c1cc(N)ns1. The standard InChI is InChI=1S/C11H15N3S2/c1-8(2)14(7-9-4-3-5-15-9)11-6-10(12)13-16-11/h3-6,8H,7H2,1-2H3,(H2,12,13). The maximum atomic E-state index is 5.67. The lowest BCUT2D eigenvalue weighted by Gasteiger charge is -2.26. The first kappa shape index (κ1) is 11.4. The van der Waals surface area contributed by atoms with E-state index in [2.05, 4.69) is 40.6 Å². The summed E-state index contributed by atoms with van der Waals surface area (Å²) in [7, 11) is 0. The molecule has 0 atom stereocenters. The van der Waals surface area contributed by atoms with Gasteiger partial charge in [-0.05, 0) is 36.8 Å². The van der Waals surface area contributed by atoms with E-state index in [9.17, 15) is 0 Å². The highest BCUT2D eigenvalue weighted by Gasteiger charge is 2.14. The van der Waals surface area contributed by atoms with Gasteiger partial charge < -0.3 is 10.6 Å². The molecule has 0 amide bonds. The van der Waals surface area contributed by atoms with Crippen LogP contribution in [0, 0.1) is 0 Å². The second-order valence-electron chi connectivity index (χ2n) is 3.89. The summed E-state index contributed by atoms with van der Waals surface area (Å²) in [4.78, 5) is 3.68. The lowest BCUT2D eigenvalue weighted by atomic mass is 10.3. The second kappa shape index (κ2) is 4.84. The molecule has 0 unspecified atom stereocenters. The van der Waals surface area contributed by atoms with Gasteiger partial charge in [0.05, 0.1) is 6.54 Å². The van der Waals surface area contributed by atoms with Crippen LogP contribution in [0.3, 0.4) is 0 Å². The molecule has 2 aromatic rings. The lowest BCUT2D eigenvalue weighted by Crippen LogP contribution is -2.28. The molecule has 5 heteroatoms. The molecule has 2 heterocycles. The molecule has 16 heavy (non-hydrogen) atoms. The molecule has 2 N–H and O–H groups in total. The second-order valence-corrected chi connectivity index (χ2v) is 5.71. The Morgan fingerprint density at radius 1 is 1.50 bits per heavy atom. The molecule has 0 bridgehead atoms. The number of nitrogen functional groups attached to an aromatic ring is 1. The smallest absolute Gasteiger partial charge is 0.139 e. The van der Waals surface area contributed by atoms with Gasteiger partial charge in [0, 0.05) is 17.0 Å². The Bertz CT molecular complexity index is 434. The Balaban J connectivity index is 2.18. The average molecular weight is 253 g/mol. The van der Waals surface area contributed by atoms with Crippen molar-refractivity contribution in [3.63, 3.8) is 0 Å². The summed E-state index contributed by atoms with van der Waals surface area (Å²) in [6.07, 6.45) is 0. The number of hydrogen-bond acceptors (Lipinski definition) is 5. The molecule has 0 saturated heterocycles. The van der Waals surface area contributed by atoms with E-state index in [-0.39, 0.29) is 0 Å². The Morgan fingerprint density at radius 2 is 2.31 bits per heavy atom. The molecule has 3 nitrogen and oxygen atoms in total. The fraction of sp³-hybridized carbons (Fsp3) is 0.364. The van der Waals surface area contributed by atoms with Crippen molar-refractivity contribution >= 4 is 33.7 Å². The zero-order chi connectivity index (χ0) is 11.5. The molecule has 0 spiro atoms. The molecule has 0 aliphatic carbocycles. The number of anilines is 2. The van der Waals surface area contributed by atoms with Crippen molar-refractivity contribution in [2.24, 2.45) is 0 Å². The molecular weight excluding hydrogens is 238 g/mol. The van der Waals surface area contributed by atoms with E-state index in [0.29, 0.717) is 11.9 Å². The van der Waals surface area contributed by atoms with Crippen molar-refractivity contribution in [2.45, 2.75) is 26.4 Å². The quantitative estimate of drug-likeness (QED) is 0.910. The number of hydrogen-bond donors (Lipinski definition) is 1. The minimum Gasteiger partial charge on any atom is -0.383 e. The fourth-order valence-corrected chi connectivity index (χ4v) is 3.01. The fourth-order valence-electron chi connectivity index (χ4n) is 1.50. The Kier molecular flexibility index (Phi) is 3.46. The number of nitrogens with two attached hydrogens (primary N) is 1. The van der Waals surface area contributed by atoms with Crippen molar-refractivity contribution in [1.29, 1.82) is 0 Å². The predicted molar refractivity (Wildman–Crippen MR) is 72.2 cm³/mol. The summed E-state index contributed by atoms with van der Waals surface area (Å²) in [6, 6.07) is 6.63. The van der Waals surface area contributed by atoms with E-state index in [0.717, 1.165) is 11.5 Å². The van der Waals surface area contributed by atoms with Gasteiger partial charge in [-0.25, -0.2) is 0 Å². The van der Waals surface area contributed by atoms with Crippen LogP contribution in [0.2, 0.25) is 0 Å². The third-order valence-electron chi connectivity index (χ3n) is 2.33. The van der Waals surface area contributed by atoms with Gasteiger partial charge in [-0.3, -0.25) is 0 Å². The van der Waals surface area contributed by atoms with Crippen LogP contribution in [-0.2, 0) is 6.54 Å². The van der Waals surface area contributed by atoms with Crippen molar-refractivity contribution in [3.05, 3.63) is 28.5 Å². The summed E-state index contributed by atoms with van der Waals surface area (Å²) in [6.45, 7) is 5.30. The van der Waals surface area contributed by atoms with Crippen molar-refractivity contribution in [1.82, 2.24) is 4.37 Å². The van der Waals surface area contributed by atoms with Crippen LogP contribution in [0.15, 0.2) is 23.6 Å². The van der Waals surface area contributed by atoms with Crippen LogP contribution >= 0.6 is 22.9 Å². The third kappa shape index (κ3) is 2.54. The first-order valence-electron chi connectivity index (χ1n) is 5.18. The first-order valence-corrected chi connectivity index (χ1v) is 6.83. The maximum Gasteiger partial charge on any atom is 0.139 e. The number of thiophene rings is 1. The van der Waals surface area contributed by atoms with Gasteiger partial charge in [0.1, 0.15) is 10.8 Å². The molecule has 0 aliphatic heterocycles. The summed E-state index contributed by atoms with van der Waals surface area (Å²) in [5.41, 5.74) is 5.67. The molecule has 0 fully saturated rings. The van der Waals surface area contributed by atoms with E-state index < -0.39 is 0 Å². The van der Waals surface area contributed by atoms with Crippen molar-refractivity contribution in [2.75, 3.05) is 10.6 Å². The van der Waals surface area contributed by atoms with Gasteiger partial charge in [0.15, 0.2) is 0 Å². The number of aromatic nitrogens is 1. The maximum absolute atomic E-state index is 5.67. The summed E-state index contributed by atoms with van der Waals surface area (Å²) < 4.78 is 4.13. The average Bonchev–Trinajstić information content (AvgIpc) is 2.84. The molecule has 2 rings (SSSR count). The Morgan fingerprint density at radius 3 is 2.81 bits per heavy atom. The van der Waals surface area contributed by atoms with Crippen LogP contribution in [0.5, 0.6) is 0 Å². The molecule has 0 saturated carbocycles. The van der Waals surface area contributed by atoms with Gasteiger partial charge in [0.25, 0.3) is 0 Å². The predicted octanol–water partition coefficient (Wildman–Crippen LogP) is 3.20. The van der Waals surface area contributed by atoms with Gasteiger partial charge >= 0.3 is 0 Å². The Labute approximate surface area is 104 Å². The summed E-state index contributed by atoms with van der Waals surface area (Å²) >= 11 is 3.24. The van der Waals surface area contributed by atoms with Crippen LogP contribution in [-0.4, -0.2) is 10.4 Å². The Hall–Kier alpha value is -1.07. The molecule has 86 valence electrons. The van der Waals surface area contributed by atoms with Gasteiger partial charge in [-0.15, -0.1) is 11.3 Å². The highest BCUT2D eigenvalue weighted by molar-refractivity contribution is 7.10. The van der Waals surface area contributed by atoms with Crippen molar-refractivity contribution < 1.29 is 0 Å². The zero-order valence-corrected chi connectivity index (χ0v) is 11.0. The molecular formula is C11H15N3S2. The molecule has 0 aliphatic rings. The van der Waals surface area contributed by atoms with Gasteiger partial charge in [0.2, 0.25) is 0 Å². The van der Waals surface area contributed by atoms with Crippen LogP contribution in [0.4, 0.5) is 10.8 Å². The third-order valence-corrected chi connectivity index (χ3v) is 4.03. The van der Waals surface area contributed by atoms with Crippen LogP contribution < -0.4 is 10.6 Å². The lowest BCUT2D eigenvalue weighted by molar-refractivity contribution is 0.693. The number of rotatable bonds is 4. The summed E-state index contributed by atoms with van der Waals surface area (Å²) in [5, 5.41) is 3.25. The van der Waals surface area contributed by atoms with E-state index in [1.807, 2.05) is 6.07 Å². The van der Waals surface area contributed by atoms with Gasteiger partial charge in [-0.2, -0.15) is 4.37 Å².